The Kier molecular flexibility index (Phi) is 4.36. The zero-order chi connectivity index (χ0) is 12.3. The lowest BCUT2D eigenvalue weighted by Crippen LogP contribution is -2.21. The lowest BCUT2D eigenvalue weighted by Gasteiger charge is -2.05. The fourth-order valence-corrected chi connectivity index (χ4v) is 2.98. The Balaban J connectivity index is 1.94. The third-order valence-electron chi connectivity index (χ3n) is 2.35. The maximum absolute atomic E-state index is 4.37. The minimum absolute atomic E-state index is 0.506. The highest BCUT2D eigenvalue weighted by molar-refractivity contribution is 9.11. The van der Waals surface area contributed by atoms with Gasteiger partial charge in [-0.3, -0.25) is 4.68 Å². The second-order valence-electron chi connectivity index (χ2n) is 4.29. The predicted octanol–water partition coefficient (Wildman–Crippen LogP) is 3.25. The van der Waals surface area contributed by atoms with Gasteiger partial charge in [-0.05, 0) is 28.1 Å². The second-order valence-corrected chi connectivity index (χ2v) is 6.84. The van der Waals surface area contributed by atoms with Gasteiger partial charge in [0.2, 0.25) is 0 Å². The molecule has 0 amide bonds. The fourth-order valence-electron chi connectivity index (χ4n) is 1.50. The van der Waals surface area contributed by atoms with Crippen molar-refractivity contribution in [3.63, 3.8) is 0 Å². The van der Waals surface area contributed by atoms with Crippen LogP contribution in [0.1, 0.15) is 24.3 Å². The monoisotopic (exact) mass is 313 g/mol. The van der Waals surface area contributed by atoms with Crippen LogP contribution in [0.3, 0.4) is 0 Å². The van der Waals surface area contributed by atoms with Gasteiger partial charge in [-0.25, -0.2) is 0 Å². The Hall–Kier alpha value is -0.650. The van der Waals surface area contributed by atoms with Crippen molar-refractivity contribution in [2.24, 2.45) is 0 Å². The Morgan fingerprint density at radius 3 is 2.94 bits per heavy atom. The first kappa shape index (κ1) is 12.8. The third kappa shape index (κ3) is 3.94. The van der Waals surface area contributed by atoms with Crippen LogP contribution in [0.15, 0.2) is 28.3 Å². The molecule has 0 saturated carbocycles. The topological polar surface area (TPSA) is 29.9 Å². The van der Waals surface area contributed by atoms with Gasteiger partial charge in [0.15, 0.2) is 0 Å². The normalized spacial score (nSPS) is 11.3. The number of nitrogens with zero attached hydrogens (tertiary/aromatic N) is 2. The summed E-state index contributed by atoms with van der Waals surface area (Å²) in [6.45, 7) is 6.02. The van der Waals surface area contributed by atoms with E-state index in [0.29, 0.717) is 6.04 Å². The van der Waals surface area contributed by atoms with Crippen molar-refractivity contribution in [2.45, 2.75) is 33.0 Å². The maximum atomic E-state index is 4.37. The summed E-state index contributed by atoms with van der Waals surface area (Å²) >= 11 is 5.22. The molecule has 0 radical (unpaired) electrons. The van der Waals surface area contributed by atoms with Crippen LogP contribution >= 0.6 is 27.3 Å². The molecular formula is C12H16BrN3S. The molecule has 17 heavy (non-hydrogen) atoms. The number of nitrogens with one attached hydrogen (secondary N) is 1. The van der Waals surface area contributed by atoms with E-state index in [0.717, 1.165) is 13.1 Å². The molecule has 0 aliphatic heterocycles. The summed E-state index contributed by atoms with van der Waals surface area (Å²) in [6.07, 6.45) is 4.03. The molecule has 0 aliphatic carbocycles. The first-order chi connectivity index (χ1) is 8.13. The van der Waals surface area contributed by atoms with Gasteiger partial charge in [0.05, 0.1) is 16.5 Å². The van der Waals surface area contributed by atoms with Gasteiger partial charge >= 0.3 is 0 Å². The van der Waals surface area contributed by atoms with Gasteiger partial charge in [-0.15, -0.1) is 11.3 Å². The maximum Gasteiger partial charge on any atom is 0.0752 e. The number of hydrogen-bond donors (Lipinski definition) is 1. The molecule has 2 heterocycles. The molecule has 0 bridgehead atoms. The Morgan fingerprint density at radius 1 is 1.47 bits per heavy atom. The first-order valence-corrected chi connectivity index (χ1v) is 7.23. The van der Waals surface area contributed by atoms with Crippen molar-refractivity contribution in [3.05, 3.63) is 38.8 Å². The summed E-state index contributed by atoms with van der Waals surface area (Å²) in [4.78, 5) is 1.31. The van der Waals surface area contributed by atoms with Crippen LogP contribution in [-0.4, -0.2) is 15.8 Å². The van der Waals surface area contributed by atoms with Crippen LogP contribution < -0.4 is 5.32 Å². The van der Waals surface area contributed by atoms with E-state index in [9.17, 15) is 0 Å². The molecule has 2 aromatic heterocycles. The van der Waals surface area contributed by atoms with E-state index in [1.807, 2.05) is 10.9 Å². The molecule has 0 spiro atoms. The summed E-state index contributed by atoms with van der Waals surface area (Å²) in [5.41, 5.74) is 1.23. The quantitative estimate of drug-likeness (QED) is 0.918. The number of rotatable bonds is 5. The Bertz CT molecular complexity index is 476. The number of halogens is 1. The Morgan fingerprint density at radius 2 is 2.29 bits per heavy atom. The van der Waals surface area contributed by atoms with E-state index in [2.05, 4.69) is 58.5 Å². The highest BCUT2D eigenvalue weighted by Crippen LogP contribution is 2.22. The SMILES string of the molecule is CC(C)NCc1cnn(Cc2ccc(Br)s2)c1. The molecule has 0 atom stereocenters. The van der Waals surface area contributed by atoms with Crippen LogP contribution in [0.4, 0.5) is 0 Å². The van der Waals surface area contributed by atoms with E-state index < -0.39 is 0 Å². The van der Waals surface area contributed by atoms with Crippen molar-refractivity contribution < 1.29 is 0 Å². The number of aromatic nitrogens is 2. The minimum Gasteiger partial charge on any atom is -0.310 e. The van der Waals surface area contributed by atoms with Crippen molar-refractivity contribution in [1.82, 2.24) is 15.1 Å². The molecular weight excluding hydrogens is 298 g/mol. The summed E-state index contributed by atoms with van der Waals surface area (Å²) in [6, 6.07) is 4.71. The van der Waals surface area contributed by atoms with E-state index in [4.69, 9.17) is 0 Å². The van der Waals surface area contributed by atoms with Crippen LogP contribution in [0.2, 0.25) is 0 Å². The van der Waals surface area contributed by atoms with Gasteiger partial charge in [0.25, 0.3) is 0 Å². The zero-order valence-electron chi connectivity index (χ0n) is 9.98. The standard InChI is InChI=1S/C12H16BrN3S/c1-9(2)14-5-10-6-15-16(7-10)8-11-3-4-12(13)17-11/h3-4,6-7,9,14H,5,8H2,1-2H3. The summed E-state index contributed by atoms with van der Waals surface area (Å²) in [5, 5.41) is 7.75. The van der Waals surface area contributed by atoms with Crippen molar-refractivity contribution in [1.29, 1.82) is 0 Å². The average molecular weight is 314 g/mol. The molecule has 0 fully saturated rings. The predicted molar refractivity (Wildman–Crippen MR) is 75.3 cm³/mol. The lowest BCUT2D eigenvalue weighted by molar-refractivity contribution is 0.588. The molecule has 0 unspecified atom stereocenters. The van der Waals surface area contributed by atoms with Gasteiger partial charge in [-0.2, -0.15) is 5.10 Å². The van der Waals surface area contributed by atoms with Crippen LogP contribution in [-0.2, 0) is 13.1 Å². The van der Waals surface area contributed by atoms with E-state index in [-0.39, 0.29) is 0 Å². The summed E-state index contributed by atoms with van der Waals surface area (Å²) in [7, 11) is 0. The zero-order valence-corrected chi connectivity index (χ0v) is 12.4. The lowest BCUT2D eigenvalue weighted by atomic mass is 10.3. The fraction of sp³-hybridized carbons (Fsp3) is 0.417. The largest absolute Gasteiger partial charge is 0.310 e. The number of thiophene rings is 1. The van der Waals surface area contributed by atoms with Crippen molar-refractivity contribution >= 4 is 27.3 Å². The smallest absolute Gasteiger partial charge is 0.0752 e. The van der Waals surface area contributed by atoms with Gasteiger partial charge in [-0.1, -0.05) is 13.8 Å². The van der Waals surface area contributed by atoms with Crippen LogP contribution in [0, 0.1) is 0 Å². The van der Waals surface area contributed by atoms with Gasteiger partial charge in [0, 0.05) is 29.2 Å². The van der Waals surface area contributed by atoms with Crippen molar-refractivity contribution in [3.8, 4) is 0 Å². The summed E-state index contributed by atoms with van der Waals surface area (Å²) in [5.74, 6) is 0. The molecule has 3 nitrogen and oxygen atoms in total. The van der Waals surface area contributed by atoms with Gasteiger partial charge in [0.1, 0.15) is 0 Å². The first-order valence-electron chi connectivity index (χ1n) is 5.62. The van der Waals surface area contributed by atoms with Crippen molar-refractivity contribution in [2.75, 3.05) is 0 Å². The van der Waals surface area contributed by atoms with Crippen LogP contribution in [0.25, 0.3) is 0 Å². The van der Waals surface area contributed by atoms with E-state index in [1.165, 1.54) is 14.2 Å². The molecule has 1 N–H and O–H groups in total. The molecule has 0 aromatic carbocycles. The average Bonchev–Trinajstić information content (AvgIpc) is 2.86. The molecule has 2 rings (SSSR count). The number of hydrogen-bond acceptors (Lipinski definition) is 3. The van der Waals surface area contributed by atoms with Gasteiger partial charge < -0.3 is 5.32 Å². The molecule has 0 aliphatic rings. The highest BCUT2D eigenvalue weighted by Gasteiger charge is 2.02. The third-order valence-corrected chi connectivity index (χ3v) is 3.96. The highest BCUT2D eigenvalue weighted by atomic mass is 79.9. The second kappa shape index (κ2) is 5.80. The molecule has 0 saturated heterocycles. The van der Waals surface area contributed by atoms with E-state index >= 15 is 0 Å². The Labute approximate surface area is 114 Å². The minimum atomic E-state index is 0.506. The van der Waals surface area contributed by atoms with E-state index in [1.54, 1.807) is 11.3 Å². The molecule has 5 heteroatoms. The van der Waals surface area contributed by atoms with Crippen LogP contribution in [0.5, 0.6) is 0 Å². The summed E-state index contributed by atoms with van der Waals surface area (Å²) < 4.78 is 3.15. The molecule has 92 valence electrons. The molecule has 2 aromatic rings.